The summed E-state index contributed by atoms with van der Waals surface area (Å²) in [5.41, 5.74) is 0.0259. The predicted octanol–water partition coefficient (Wildman–Crippen LogP) is 8.47. The summed E-state index contributed by atoms with van der Waals surface area (Å²) in [4.78, 5) is 12.3. The molecule has 4 fully saturated rings. The Bertz CT molecular complexity index is 1100. The number of Topliss-reactive ketones (excluding diaryl/α,β-unsaturated/α-hetero) is 1. The zero-order valence-electron chi connectivity index (χ0n) is 27.2. The molecule has 0 spiro atoms. The van der Waals surface area contributed by atoms with E-state index in [0.29, 0.717) is 61.7 Å². The molecule has 45 heavy (non-hydrogen) atoms. The molecule has 4 aliphatic carbocycles. The maximum Gasteiger partial charge on any atom is 0.453 e. The van der Waals surface area contributed by atoms with Crippen LogP contribution in [0.15, 0.2) is 0 Å². The first-order valence-corrected chi connectivity index (χ1v) is 19.3. The van der Waals surface area contributed by atoms with Crippen LogP contribution in [-0.2, 0) is 19.4 Å². The lowest BCUT2D eigenvalue weighted by atomic mass is 9.44. The quantitative estimate of drug-likeness (QED) is 0.132. The fourth-order valence-corrected chi connectivity index (χ4v) is 11.2. The van der Waals surface area contributed by atoms with Crippen molar-refractivity contribution >= 4 is 15.6 Å². The third-order valence-electron chi connectivity index (χ3n) is 12.4. The fourth-order valence-electron chi connectivity index (χ4n) is 9.74. The van der Waals surface area contributed by atoms with Crippen molar-refractivity contribution in [3.8, 4) is 0 Å². The first-order chi connectivity index (χ1) is 21.0. The summed E-state index contributed by atoms with van der Waals surface area (Å²) < 4.78 is 93.4. The fraction of sp³-hybridized carbons (Fsp3) is 0.971. The Labute approximate surface area is 266 Å². The molecule has 4 rings (SSSR count). The van der Waals surface area contributed by atoms with Crippen LogP contribution >= 0.6 is 0 Å². The Morgan fingerprint density at radius 3 is 2.13 bits per heavy atom. The third-order valence-corrected chi connectivity index (χ3v) is 14.2. The van der Waals surface area contributed by atoms with Crippen molar-refractivity contribution in [2.24, 2.45) is 34.5 Å². The van der Waals surface area contributed by atoms with E-state index in [-0.39, 0.29) is 28.8 Å². The van der Waals surface area contributed by atoms with Crippen LogP contribution in [-0.4, -0.2) is 61.7 Å². The lowest BCUT2D eigenvalue weighted by Gasteiger charge is -2.62. The van der Waals surface area contributed by atoms with Crippen molar-refractivity contribution < 1.29 is 45.0 Å². The maximum atomic E-state index is 13.0. The van der Waals surface area contributed by atoms with Gasteiger partial charge in [-0.3, -0.25) is 4.79 Å². The van der Waals surface area contributed by atoms with E-state index >= 15 is 0 Å². The van der Waals surface area contributed by atoms with Crippen molar-refractivity contribution in [2.75, 3.05) is 18.1 Å². The van der Waals surface area contributed by atoms with Crippen LogP contribution in [0.5, 0.6) is 0 Å². The molecule has 0 unspecified atom stereocenters. The molecule has 262 valence electrons. The Kier molecular flexibility index (Phi) is 12.1. The number of carbonyl (C=O) groups excluding carboxylic acids is 1. The van der Waals surface area contributed by atoms with Crippen molar-refractivity contribution in [2.45, 2.75) is 154 Å². The highest BCUT2D eigenvalue weighted by Gasteiger charge is 2.63. The predicted molar refractivity (Wildman–Crippen MR) is 164 cm³/mol. The third kappa shape index (κ3) is 8.62. The Morgan fingerprint density at radius 2 is 1.47 bits per heavy atom. The summed E-state index contributed by atoms with van der Waals surface area (Å²) in [6.07, 6.45) is 6.37. The van der Waals surface area contributed by atoms with E-state index in [1.165, 1.54) is 0 Å². The second-order valence-electron chi connectivity index (χ2n) is 15.3. The minimum absolute atomic E-state index is 0.0966. The van der Waals surface area contributed by atoms with Crippen molar-refractivity contribution in [1.82, 2.24) is 0 Å². The van der Waals surface area contributed by atoms with E-state index in [4.69, 9.17) is 4.74 Å². The number of alkyl halides is 5. The second kappa shape index (κ2) is 14.8. The molecular weight excluding hydrogens is 615 g/mol. The number of aliphatic hydroxyl groups is 1. The van der Waals surface area contributed by atoms with Gasteiger partial charge in [-0.15, -0.1) is 0 Å². The van der Waals surface area contributed by atoms with Crippen molar-refractivity contribution in [3.63, 3.8) is 0 Å². The molecule has 0 saturated heterocycles. The van der Waals surface area contributed by atoms with Crippen LogP contribution < -0.4 is 0 Å². The van der Waals surface area contributed by atoms with Crippen LogP contribution in [0.1, 0.15) is 129 Å². The minimum atomic E-state index is -5.65. The molecule has 0 radical (unpaired) electrons. The van der Waals surface area contributed by atoms with Gasteiger partial charge in [-0.1, -0.05) is 52.4 Å². The average molecular weight is 671 g/mol. The van der Waals surface area contributed by atoms with E-state index in [2.05, 4.69) is 13.8 Å². The Hall–Kier alpha value is -0.810. The second-order valence-corrected chi connectivity index (χ2v) is 17.6. The Balaban J connectivity index is 1.12. The topological polar surface area (TPSA) is 80.7 Å². The van der Waals surface area contributed by atoms with Gasteiger partial charge < -0.3 is 9.84 Å². The molecule has 4 saturated carbocycles. The smallest absolute Gasteiger partial charge is 0.393 e. The molecule has 4 aliphatic rings. The minimum Gasteiger partial charge on any atom is -0.393 e. The van der Waals surface area contributed by atoms with Gasteiger partial charge in [-0.25, -0.2) is 8.42 Å². The average Bonchev–Trinajstić information content (AvgIpc) is 3.24. The number of ketones is 1. The Morgan fingerprint density at radius 1 is 0.844 bits per heavy atom. The lowest BCUT2D eigenvalue weighted by molar-refractivity contribution is -0.284. The normalized spacial score (nSPS) is 35.6. The molecule has 0 heterocycles. The van der Waals surface area contributed by atoms with E-state index in [0.717, 1.165) is 77.0 Å². The van der Waals surface area contributed by atoms with Crippen LogP contribution in [0, 0.1) is 34.5 Å². The van der Waals surface area contributed by atoms with E-state index < -0.39 is 40.5 Å². The zero-order chi connectivity index (χ0) is 33.1. The largest absolute Gasteiger partial charge is 0.453 e. The maximum absolute atomic E-state index is 13.0. The number of ether oxygens (including phenoxy) is 1. The molecule has 5 nitrogen and oxygen atoms in total. The van der Waals surface area contributed by atoms with Gasteiger partial charge in [0.05, 0.1) is 23.7 Å². The SMILES string of the molecule is C[C@]12CCC(=O)C[C@@H]1CC[C@@H]1[C@@H]2[C@@H](OCCCCCCCCCCS(=O)(=O)CCCC(F)(F)C(F)(F)F)C[C@]2(C)[C@@H](O)CC[C@@H]12. The number of sulfone groups is 1. The molecule has 0 aromatic rings. The monoisotopic (exact) mass is 670 g/mol. The first kappa shape index (κ1) is 37.0. The van der Waals surface area contributed by atoms with Crippen LogP contribution in [0.25, 0.3) is 0 Å². The van der Waals surface area contributed by atoms with Gasteiger partial charge in [-0.05, 0) is 92.3 Å². The molecule has 11 heteroatoms. The number of aliphatic hydroxyl groups excluding tert-OH is 1. The molecule has 0 aromatic carbocycles. The molecule has 0 amide bonds. The molecule has 0 bridgehead atoms. The first-order valence-electron chi connectivity index (χ1n) is 17.5. The van der Waals surface area contributed by atoms with Crippen molar-refractivity contribution in [1.29, 1.82) is 0 Å². The number of rotatable bonds is 16. The highest BCUT2D eigenvalue weighted by molar-refractivity contribution is 7.91. The van der Waals surface area contributed by atoms with Gasteiger partial charge in [0.25, 0.3) is 0 Å². The van der Waals surface area contributed by atoms with Gasteiger partial charge in [0.2, 0.25) is 0 Å². The van der Waals surface area contributed by atoms with E-state index in [1.54, 1.807) is 0 Å². The number of carbonyl (C=O) groups is 1. The standard InChI is InChI=1S/C34H55F5O5S/c1-31-18-16-25(40)22-24(31)12-13-26-27-14-15-29(41)32(27,2)23-28(30(26)31)44-19-9-7-5-3-4-6-8-10-20-45(42,43)21-11-17-33(35,36)34(37,38)39/h24,26-30,41H,3-23H2,1-2H3/t24-,26-,27-,28-,29-,30+,31-,32-/m0/s1. The van der Waals surface area contributed by atoms with Crippen LogP contribution in [0.4, 0.5) is 22.0 Å². The number of halogens is 5. The van der Waals surface area contributed by atoms with Gasteiger partial charge >= 0.3 is 12.1 Å². The molecule has 0 aromatic heterocycles. The number of hydrogen-bond donors (Lipinski definition) is 1. The van der Waals surface area contributed by atoms with Gasteiger partial charge in [0, 0.05) is 25.9 Å². The summed E-state index contributed by atoms with van der Waals surface area (Å²) in [5.74, 6) is -3.32. The van der Waals surface area contributed by atoms with Gasteiger partial charge in [0.15, 0.2) is 0 Å². The highest BCUT2D eigenvalue weighted by atomic mass is 32.2. The highest BCUT2D eigenvalue weighted by Crippen LogP contribution is 2.66. The number of unbranched alkanes of at least 4 members (excludes halogenated alkanes) is 7. The van der Waals surface area contributed by atoms with Crippen LogP contribution in [0.2, 0.25) is 0 Å². The number of hydrogen-bond acceptors (Lipinski definition) is 5. The van der Waals surface area contributed by atoms with Gasteiger partial charge in [0.1, 0.15) is 15.6 Å². The number of fused-ring (bicyclic) bond motifs is 5. The summed E-state index contributed by atoms with van der Waals surface area (Å²) in [5, 5.41) is 11.0. The van der Waals surface area contributed by atoms with Gasteiger partial charge in [-0.2, -0.15) is 22.0 Å². The molecule has 0 aliphatic heterocycles. The summed E-state index contributed by atoms with van der Waals surface area (Å²) in [6, 6.07) is 0. The molecular formula is C34H55F5O5S. The summed E-state index contributed by atoms with van der Waals surface area (Å²) >= 11 is 0. The lowest BCUT2D eigenvalue weighted by Crippen LogP contribution is -2.60. The summed E-state index contributed by atoms with van der Waals surface area (Å²) in [6.45, 7) is 5.38. The van der Waals surface area contributed by atoms with E-state index in [9.17, 15) is 40.3 Å². The zero-order valence-corrected chi connectivity index (χ0v) is 28.0. The van der Waals surface area contributed by atoms with E-state index in [1.807, 2.05) is 0 Å². The summed E-state index contributed by atoms with van der Waals surface area (Å²) in [7, 11) is -3.64. The van der Waals surface area contributed by atoms with Crippen molar-refractivity contribution in [3.05, 3.63) is 0 Å². The van der Waals surface area contributed by atoms with Crippen LogP contribution in [0.3, 0.4) is 0 Å². The molecule has 8 atom stereocenters. The molecule has 1 N–H and O–H groups in total.